The van der Waals surface area contributed by atoms with Crippen LogP contribution in [0.2, 0.25) is 0 Å². The molecule has 0 aliphatic carbocycles. The minimum atomic E-state index is -3.14. The average Bonchev–Trinajstić information content (AvgIpc) is 2.30. The van der Waals surface area contributed by atoms with Gasteiger partial charge in [-0.05, 0) is 19.4 Å². The van der Waals surface area contributed by atoms with Crippen molar-refractivity contribution >= 4 is 13.9 Å². The lowest BCUT2D eigenvalue weighted by atomic mass is 10.1. The third-order valence-corrected chi connectivity index (χ3v) is 4.23. The van der Waals surface area contributed by atoms with E-state index in [4.69, 9.17) is 9.05 Å². The van der Waals surface area contributed by atoms with Crippen molar-refractivity contribution in [2.45, 2.75) is 20.0 Å². The van der Waals surface area contributed by atoms with E-state index in [2.05, 4.69) is 0 Å². The SMILES string of the molecule is CCOP(=O)(Cc1ccccc1C=O)OCC. The first-order valence-electron chi connectivity index (χ1n) is 5.56. The normalized spacial score (nSPS) is 11.4. The van der Waals surface area contributed by atoms with Crippen molar-refractivity contribution in [3.63, 3.8) is 0 Å². The van der Waals surface area contributed by atoms with Crippen LogP contribution < -0.4 is 0 Å². The van der Waals surface area contributed by atoms with Gasteiger partial charge in [-0.3, -0.25) is 9.36 Å². The van der Waals surface area contributed by atoms with Gasteiger partial charge in [0.25, 0.3) is 0 Å². The molecule has 0 amide bonds. The topological polar surface area (TPSA) is 52.6 Å². The summed E-state index contributed by atoms with van der Waals surface area (Å²) >= 11 is 0. The number of rotatable bonds is 7. The second-order valence-corrected chi connectivity index (χ2v) is 5.48. The zero-order valence-corrected chi connectivity index (χ0v) is 11.0. The summed E-state index contributed by atoms with van der Waals surface area (Å²) < 4.78 is 22.7. The van der Waals surface area contributed by atoms with Gasteiger partial charge < -0.3 is 9.05 Å². The highest BCUT2D eigenvalue weighted by Crippen LogP contribution is 2.51. The Balaban J connectivity index is 2.93. The zero-order valence-electron chi connectivity index (χ0n) is 10.1. The molecule has 0 aliphatic rings. The van der Waals surface area contributed by atoms with Gasteiger partial charge in [0, 0.05) is 5.56 Å². The number of hydrogen-bond acceptors (Lipinski definition) is 4. The van der Waals surface area contributed by atoms with Crippen LogP contribution in [0.25, 0.3) is 0 Å². The fourth-order valence-electron chi connectivity index (χ4n) is 1.52. The fraction of sp³-hybridized carbons (Fsp3) is 0.417. The first-order valence-corrected chi connectivity index (χ1v) is 7.29. The Morgan fingerprint density at radius 1 is 1.18 bits per heavy atom. The van der Waals surface area contributed by atoms with Crippen LogP contribution in [0.5, 0.6) is 0 Å². The molecule has 1 aromatic carbocycles. The lowest BCUT2D eigenvalue weighted by Crippen LogP contribution is -2.01. The van der Waals surface area contributed by atoms with Gasteiger partial charge in [0.15, 0.2) is 0 Å². The first kappa shape index (κ1) is 14.1. The number of benzene rings is 1. The van der Waals surface area contributed by atoms with Crippen molar-refractivity contribution in [3.8, 4) is 0 Å². The molecule has 0 bridgehead atoms. The monoisotopic (exact) mass is 256 g/mol. The van der Waals surface area contributed by atoms with Crippen molar-refractivity contribution in [1.29, 1.82) is 0 Å². The Morgan fingerprint density at radius 3 is 2.29 bits per heavy atom. The summed E-state index contributed by atoms with van der Waals surface area (Å²) in [5.41, 5.74) is 1.21. The van der Waals surface area contributed by atoms with Gasteiger partial charge in [-0.1, -0.05) is 24.3 Å². The molecule has 1 aromatic rings. The van der Waals surface area contributed by atoms with E-state index in [0.29, 0.717) is 24.3 Å². The molecular formula is C12H17O4P. The quantitative estimate of drug-likeness (QED) is 0.555. The molecule has 0 saturated heterocycles. The Labute approximate surface area is 101 Å². The first-order chi connectivity index (χ1) is 8.15. The smallest absolute Gasteiger partial charge is 0.309 e. The van der Waals surface area contributed by atoms with Crippen molar-refractivity contribution in [2.24, 2.45) is 0 Å². The van der Waals surface area contributed by atoms with Crippen LogP contribution in [0.4, 0.5) is 0 Å². The maximum Gasteiger partial charge on any atom is 0.335 e. The van der Waals surface area contributed by atoms with Gasteiger partial charge in [0.05, 0.1) is 19.4 Å². The molecule has 5 heteroatoms. The van der Waals surface area contributed by atoms with Crippen LogP contribution in [0.1, 0.15) is 29.8 Å². The minimum absolute atomic E-state index is 0.129. The summed E-state index contributed by atoms with van der Waals surface area (Å²) in [5, 5.41) is 0. The van der Waals surface area contributed by atoms with Crippen LogP contribution in [0.3, 0.4) is 0 Å². The van der Waals surface area contributed by atoms with E-state index >= 15 is 0 Å². The van der Waals surface area contributed by atoms with E-state index in [1.165, 1.54) is 0 Å². The summed E-state index contributed by atoms with van der Waals surface area (Å²) in [6.45, 7) is 4.16. The van der Waals surface area contributed by atoms with Crippen LogP contribution in [0.15, 0.2) is 24.3 Å². The van der Waals surface area contributed by atoms with Gasteiger partial charge in [0.1, 0.15) is 6.29 Å². The van der Waals surface area contributed by atoms with Crippen LogP contribution >= 0.6 is 7.60 Å². The summed E-state index contributed by atoms with van der Waals surface area (Å²) in [6.07, 6.45) is 0.876. The molecule has 0 spiro atoms. The van der Waals surface area contributed by atoms with Gasteiger partial charge in [0.2, 0.25) is 0 Å². The van der Waals surface area contributed by atoms with E-state index in [9.17, 15) is 9.36 Å². The largest absolute Gasteiger partial charge is 0.335 e. The highest BCUT2D eigenvalue weighted by atomic mass is 31.2. The van der Waals surface area contributed by atoms with Crippen LogP contribution in [-0.2, 0) is 19.8 Å². The molecule has 1 rings (SSSR count). The molecule has 0 N–H and O–H groups in total. The van der Waals surface area contributed by atoms with Crippen molar-refractivity contribution < 1.29 is 18.4 Å². The number of aldehydes is 1. The Kier molecular flexibility index (Phi) is 5.56. The third kappa shape index (κ3) is 4.08. The second kappa shape index (κ2) is 6.70. The molecule has 0 atom stereocenters. The summed E-state index contributed by atoms with van der Waals surface area (Å²) in [5.74, 6) is 0. The zero-order chi connectivity index (χ0) is 12.7. The number of carbonyl (C=O) groups excluding carboxylic acids is 1. The van der Waals surface area contributed by atoms with Gasteiger partial charge >= 0.3 is 7.60 Å². The minimum Gasteiger partial charge on any atom is -0.309 e. The van der Waals surface area contributed by atoms with E-state index in [1.807, 2.05) is 0 Å². The predicted molar refractivity (Wildman–Crippen MR) is 66.4 cm³/mol. The van der Waals surface area contributed by atoms with Gasteiger partial charge in [-0.25, -0.2) is 0 Å². The van der Waals surface area contributed by atoms with Gasteiger partial charge in [-0.2, -0.15) is 0 Å². The molecule has 0 unspecified atom stereocenters. The maximum atomic E-state index is 12.3. The fourth-order valence-corrected chi connectivity index (χ4v) is 3.27. The van der Waals surface area contributed by atoms with Crippen molar-refractivity contribution in [2.75, 3.05) is 13.2 Å². The number of hydrogen-bond donors (Lipinski definition) is 0. The summed E-state index contributed by atoms with van der Waals surface area (Å²) in [4.78, 5) is 10.9. The molecule has 94 valence electrons. The highest BCUT2D eigenvalue weighted by Gasteiger charge is 2.25. The van der Waals surface area contributed by atoms with Gasteiger partial charge in [-0.15, -0.1) is 0 Å². The summed E-state index contributed by atoms with van der Waals surface area (Å²) in [7, 11) is -3.14. The second-order valence-electron chi connectivity index (χ2n) is 3.42. The standard InChI is InChI=1S/C12H17O4P/c1-3-15-17(14,16-4-2)10-12-8-6-5-7-11(12)9-13/h5-9H,3-4,10H2,1-2H3. The van der Waals surface area contributed by atoms with Crippen LogP contribution in [-0.4, -0.2) is 19.5 Å². The Hall–Kier alpha value is -0.960. The molecule has 0 fully saturated rings. The third-order valence-electron chi connectivity index (χ3n) is 2.20. The highest BCUT2D eigenvalue weighted by molar-refractivity contribution is 7.53. The summed E-state index contributed by atoms with van der Waals surface area (Å²) in [6, 6.07) is 7.00. The van der Waals surface area contributed by atoms with E-state index in [0.717, 1.165) is 6.29 Å². The van der Waals surface area contributed by atoms with E-state index in [1.54, 1.807) is 38.1 Å². The molecule has 17 heavy (non-hydrogen) atoms. The lowest BCUT2D eigenvalue weighted by Gasteiger charge is -2.17. The Morgan fingerprint density at radius 2 is 1.76 bits per heavy atom. The average molecular weight is 256 g/mol. The lowest BCUT2D eigenvalue weighted by molar-refractivity contribution is 0.112. The number of carbonyl (C=O) groups is 1. The molecular weight excluding hydrogens is 239 g/mol. The molecule has 0 aliphatic heterocycles. The van der Waals surface area contributed by atoms with Crippen molar-refractivity contribution in [1.82, 2.24) is 0 Å². The van der Waals surface area contributed by atoms with E-state index < -0.39 is 7.60 Å². The van der Waals surface area contributed by atoms with Crippen molar-refractivity contribution in [3.05, 3.63) is 35.4 Å². The maximum absolute atomic E-state index is 12.3. The van der Waals surface area contributed by atoms with Crippen LogP contribution in [0, 0.1) is 0 Å². The Bertz CT molecular complexity index is 407. The van der Waals surface area contributed by atoms with E-state index in [-0.39, 0.29) is 6.16 Å². The molecule has 0 saturated carbocycles. The predicted octanol–water partition coefficient (Wildman–Crippen LogP) is 3.27. The molecule has 0 heterocycles. The molecule has 0 radical (unpaired) electrons. The molecule has 0 aromatic heterocycles. The molecule has 4 nitrogen and oxygen atoms in total.